The van der Waals surface area contributed by atoms with Crippen LogP contribution in [0.4, 0.5) is 22.0 Å². The summed E-state index contributed by atoms with van der Waals surface area (Å²) in [5.74, 6) is -6.32. The lowest BCUT2D eigenvalue weighted by atomic mass is 9.50. The number of alkyl halides is 5. The number of aromatic nitrogens is 1. The fourth-order valence-corrected chi connectivity index (χ4v) is 9.65. The van der Waals surface area contributed by atoms with Crippen LogP contribution in [0.5, 0.6) is 0 Å². The summed E-state index contributed by atoms with van der Waals surface area (Å²) >= 11 is 0. The highest BCUT2D eigenvalue weighted by Gasteiger charge is 2.79. The standard InChI is InChI=1S/C37H42F5N3O2/c1-34-21-31(25-7-5-24(6-8-25)22-44-16-18-45(19-17-44)23-27-4-2-3-15-43-27)33-29-12-10-28(46)20-26(29)9-11-30(33)32(34)13-14-35(34,47)36(38,39)37(40,41)42/h2-8,15,20,30-32,47H,9-14,16-19,21-23H2,1H3/t30-,31+,32-,34-,35+/m0/s1. The topological polar surface area (TPSA) is 56.7 Å². The van der Waals surface area contributed by atoms with Gasteiger partial charge in [-0.15, -0.1) is 0 Å². The maximum atomic E-state index is 15.3. The molecule has 2 aromatic rings. The van der Waals surface area contributed by atoms with Crippen LogP contribution >= 0.6 is 0 Å². The van der Waals surface area contributed by atoms with Crippen molar-refractivity contribution in [3.8, 4) is 0 Å². The molecule has 252 valence electrons. The highest BCUT2D eigenvalue weighted by atomic mass is 19.4. The molecule has 1 aromatic heterocycles. The van der Waals surface area contributed by atoms with Crippen LogP contribution in [0.1, 0.15) is 74.6 Å². The molecule has 1 saturated heterocycles. The maximum absolute atomic E-state index is 15.3. The Labute approximate surface area is 272 Å². The first kappa shape index (κ1) is 32.6. The van der Waals surface area contributed by atoms with Crippen LogP contribution in [0.25, 0.3) is 0 Å². The zero-order valence-electron chi connectivity index (χ0n) is 26.7. The Kier molecular flexibility index (Phi) is 8.24. The van der Waals surface area contributed by atoms with Gasteiger partial charge in [0.15, 0.2) is 5.78 Å². The van der Waals surface area contributed by atoms with Gasteiger partial charge < -0.3 is 5.11 Å². The van der Waals surface area contributed by atoms with Crippen molar-refractivity contribution in [2.75, 3.05) is 26.2 Å². The lowest BCUT2D eigenvalue weighted by molar-refractivity contribution is -0.362. The molecule has 0 spiro atoms. The number of benzene rings is 1. The molecule has 2 saturated carbocycles. The fraction of sp³-hybridized carbons (Fsp3) is 0.568. The molecular formula is C37H42F5N3O2. The molecule has 0 bridgehead atoms. The Morgan fingerprint density at radius 1 is 0.915 bits per heavy atom. The van der Waals surface area contributed by atoms with Gasteiger partial charge >= 0.3 is 12.1 Å². The molecule has 4 aliphatic carbocycles. The Hall–Kier alpha value is -2.95. The van der Waals surface area contributed by atoms with Gasteiger partial charge in [-0.2, -0.15) is 22.0 Å². The van der Waals surface area contributed by atoms with Gasteiger partial charge in [0.25, 0.3) is 0 Å². The van der Waals surface area contributed by atoms with Gasteiger partial charge in [0.05, 0.1) is 5.69 Å². The van der Waals surface area contributed by atoms with Gasteiger partial charge in [-0.1, -0.05) is 42.8 Å². The van der Waals surface area contributed by atoms with E-state index < -0.39 is 41.4 Å². The Morgan fingerprint density at radius 3 is 2.28 bits per heavy atom. The summed E-state index contributed by atoms with van der Waals surface area (Å²) in [6.07, 6.45) is -0.736. The number of hydrogen-bond acceptors (Lipinski definition) is 5. The average molecular weight is 656 g/mol. The minimum Gasteiger partial charge on any atom is -0.383 e. The second kappa shape index (κ2) is 11.9. The molecule has 1 aromatic carbocycles. The number of aliphatic hydroxyl groups is 1. The predicted molar refractivity (Wildman–Crippen MR) is 167 cm³/mol. The molecule has 1 N–H and O–H groups in total. The van der Waals surface area contributed by atoms with Gasteiger partial charge in [0, 0.05) is 63.2 Å². The number of halogens is 5. The molecule has 0 radical (unpaired) electrons. The second-order valence-electron chi connectivity index (χ2n) is 14.6. The van der Waals surface area contributed by atoms with Crippen molar-refractivity contribution >= 4 is 5.78 Å². The van der Waals surface area contributed by atoms with Crippen LogP contribution in [0.2, 0.25) is 0 Å². The van der Waals surface area contributed by atoms with Crippen LogP contribution in [-0.2, 0) is 17.9 Å². The third kappa shape index (κ3) is 5.48. The number of allylic oxidation sites excluding steroid dienone is 4. The molecule has 10 heteroatoms. The van der Waals surface area contributed by atoms with E-state index in [-0.39, 0.29) is 24.5 Å². The summed E-state index contributed by atoms with van der Waals surface area (Å²) in [7, 11) is 0. The van der Waals surface area contributed by atoms with Crippen LogP contribution in [0.15, 0.2) is 71.5 Å². The zero-order valence-corrected chi connectivity index (χ0v) is 26.7. The summed E-state index contributed by atoms with van der Waals surface area (Å²) < 4.78 is 72.1. The highest BCUT2D eigenvalue weighted by Crippen LogP contribution is 2.70. The van der Waals surface area contributed by atoms with Gasteiger partial charge in [0.1, 0.15) is 5.60 Å². The number of piperazine rings is 1. The van der Waals surface area contributed by atoms with Gasteiger partial charge in [-0.3, -0.25) is 19.6 Å². The molecule has 47 heavy (non-hydrogen) atoms. The molecular weight excluding hydrogens is 613 g/mol. The van der Waals surface area contributed by atoms with E-state index in [2.05, 4.69) is 14.8 Å². The second-order valence-corrected chi connectivity index (χ2v) is 14.6. The quantitative estimate of drug-likeness (QED) is 0.333. The number of pyridine rings is 1. The lowest BCUT2D eigenvalue weighted by Crippen LogP contribution is -2.65. The highest BCUT2D eigenvalue weighted by molar-refractivity contribution is 5.93. The zero-order chi connectivity index (χ0) is 33.2. The SMILES string of the molecule is C[C@]12C[C@H](c3ccc(CN4CCN(Cc5ccccn5)CC4)cc3)C3=C4CCC(=O)C=C4CC[C@H]3[C@@H]1CC[C@]2(O)C(F)(F)C(F)(F)F. The van der Waals surface area contributed by atoms with E-state index in [1.165, 1.54) is 6.92 Å². The third-order valence-electron chi connectivity index (χ3n) is 12.1. The van der Waals surface area contributed by atoms with Crippen molar-refractivity contribution in [1.29, 1.82) is 0 Å². The van der Waals surface area contributed by atoms with E-state index in [0.29, 0.717) is 25.7 Å². The number of ketones is 1. The van der Waals surface area contributed by atoms with Gasteiger partial charge in [-0.25, -0.2) is 0 Å². The summed E-state index contributed by atoms with van der Waals surface area (Å²) in [5, 5.41) is 11.5. The summed E-state index contributed by atoms with van der Waals surface area (Å²) in [6.45, 7) is 6.72. The van der Waals surface area contributed by atoms with E-state index in [9.17, 15) is 23.1 Å². The van der Waals surface area contributed by atoms with Crippen molar-refractivity contribution in [2.45, 2.75) is 88.6 Å². The number of nitrogens with zero attached hydrogens (tertiary/aromatic N) is 3. The van der Waals surface area contributed by atoms with Crippen molar-refractivity contribution in [1.82, 2.24) is 14.8 Å². The molecule has 0 amide bonds. The molecule has 5 aliphatic rings. The Balaban J connectivity index is 1.15. The summed E-state index contributed by atoms with van der Waals surface area (Å²) in [4.78, 5) is 21.5. The maximum Gasteiger partial charge on any atom is 0.456 e. The van der Waals surface area contributed by atoms with Crippen molar-refractivity contribution in [3.63, 3.8) is 0 Å². The largest absolute Gasteiger partial charge is 0.456 e. The van der Waals surface area contributed by atoms with Gasteiger partial charge in [0.2, 0.25) is 0 Å². The van der Waals surface area contributed by atoms with Crippen LogP contribution in [0, 0.1) is 17.3 Å². The number of carbonyl (C=O) groups excluding carboxylic acids is 1. The number of hydrogen-bond donors (Lipinski definition) is 1. The van der Waals surface area contributed by atoms with Crippen LogP contribution in [0.3, 0.4) is 0 Å². The normalized spacial score (nSPS) is 32.1. The first-order valence-corrected chi connectivity index (χ1v) is 16.9. The van der Waals surface area contributed by atoms with Crippen molar-refractivity contribution in [3.05, 3.63) is 88.3 Å². The monoisotopic (exact) mass is 655 g/mol. The van der Waals surface area contributed by atoms with Gasteiger partial charge in [-0.05, 0) is 90.8 Å². The van der Waals surface area contributed by atoms with E-state index in [4.69, 9.17) is 0 Å². The molecule has 0 unspecified atom stereocenters. The first-order chi connectivity index (χ1) is 22.3. The molecule has 1 aliphatic heterocycles. The fourth-order valence-electron chi connectivity index (χ4n) is 9.65. The summed E-state index contributed by atoms with van der Waals surface area (Å²) in [5.41, 5.74) is 1.33. The van der Waals surface area contributed by atoms with E-state index in [1.54, 1.807) is 6.08 Å². The number of carbonyl (C=O) groups is 1. The minimum absolute atomic E-state index is 0.00598. The van der Waals surface area contributed by atoms with Crippen LogP contribution < -0.4 is 0 Å². The van der Waals surface area contributed by atoms with Crippen LogP contribution in [-0.4, -0.2) is 69.6 Å². The lowest BCUT2D eigenvalue weighted by Gasteiger charge is -2.56. The molecule has 5 nitrogen and oxygen atoms in total. The number of rotatable bonds is 6. The average Bonchev–Trinajstić information content (AvgIpc) is 3.33. The van der Waals surface area contributed by atoms with E-state index in [0.717, 1.165) is 72.8 Å². The smallest absolute Gasteiger partial charge is 0.383 e. The predicted octanol–water partition coefficient (Wildman–Crippen LogP) is 7.23. The van der Waals surface area contributed by atoms with E-state index >= 15 is 8.78 Å². The van der Waals surface area contributed by atoms with Crippen molar-refractivity contribution in [2.24, 2.45) is 17.3 Å². The van der Waals surface area contributed by atoms with E-state index in [1.807, 2.05) is 48.7 Å². The molecule has 7 rings (SSSR count). The van der Waals surface area contributed by atoms with Crippen molar-refractivity contribution < 1.29 is 31.9 Å². The molecule has 5 atom stereocenters. The third-order valence-corrected chi connectivity index (χ3v) is 12.1. The Bertz CT molecular complexity index is 1560. The number of fused-ring (bicyclic) bond motifs is 4. The molecule has 2 heterocycles. The minimum atomic E-state index is -5.86. The Morgan fingerprint density at radius 2 is 1.62 bits per heavy atom. The summed E-state index contributed by atoms with van der Waals surface area (Å²) in [6, 6.07) is 14.0. The molecule has 3 fully saturated rings. The first-order valence-electron chi connectivity index (χ1n) is 16.9.